The number of nitrogens with one attached hydrogen (secondary N) is 2. The molecule has 0 saturated heterocycles. The Balaban J connectivity index is 1.71. The Morgan fingerprint density at radius 2 is 2.47 bits per heavy atom. The van der Waals surface area contributed by atoms with Gasteiger partial charge in [-0.2, -0.15) is 5.10 Å². The Kier molecular flexibility index (Phi) is 3.66. The first-order chi connectivity index (χ1) is 8.24. The molecule has 0 saturated carbocycles. The molecule has 2 heterocycles. The van der Waals surface area contributed by atoms with E-state index in [9.17, 15) is 4.79 Å². The first kappa shape index (κ1) is 11.5. The maximum atomic E-state index is 11.5. The van der Waals surface area contributed by atoms with Crippen molar-refractivity contribution >= 4 is 22.4 Å². The van der Waals surface area contributed by atoms with Gasteiger partial charge in [0.15, 0.2) is 5.13 Å². The third-order valence-corrected chi connectivity index (χ3v) is 2.78. The molecule has 0 aliphatic carbocycles. The van der Waals surface area contributed by atoms with Gasteiger partial charge in [0.25, 0.3) is 0 Å². The third kappa shape index (κ3) is 3.52. The number of nitrogens with zero attached hydrogens (tertiary/aromatic N) is 3. The highest BCUT2D eigenvalue weighted by Gasteiger charge is 2.06. The van der Waals surface area contributed by atoms with Crippen molar-refractivity contribution < 1.29 is 4.79 Å². The van der Waals surface area contributed by atoms with Gasteiger partial charge in [-0.15, -0.1) is 11.3 Å². The van der Waals surface area contributed by atoms with Gasteiger partial charge in [0, 0.05) is 18.3 Å². The lowest BCUT2D eigenvalue weighted by atomic mass is 10.3. The molecule has 0 radical (unpaired) electrons. The van der Waals surface area contributed by atoms with Crippen molar-refractivity contribution in [3.05, 3.63) is 23.2 Å². The molecular weight excluding hydrogens is 240 g/mol. The lowest BCUT2D eigenvalue weighted by molar-refractivity contribution is -0.120. The van der Waals surface area contributed by atoms with E-state index in [1.807, 2.05) is 0 Å². The van der Waals surface area contributed by atoms with Crippen LogP contribution < -0.4 is 11.1 Å². The van der Waals surface area contributed by atoms with Crippen LogP contribution in [0.2, 0.25) is 0 Å². The van der Waals surface area contributed by atoms with Gasteiger partial charge in [0.05, 0.1) is 12.1 Å². The molecule has 17 heavy (non-hydrogen) atoms. The predicted molar refractivity (Wildman–Crippen MR) is 63.3 cm³/mol. The van der Waals surface area contributed by atoms with Crippen molar-refractivity contribution in [1.82, 2.24) is 25.5 Å². The van der Waals surface area contributed by atoms with E-state index in [2.05, 4.69) is 25.5 Å². The minimum absolute atomic E-state index is 0.0742. The van der Waals surface area contributed by atoms with Crippen molar-refractivity contribution in [3.63, 3.8) is 0 Å². The number of rotatable bonds is 5. The predicted octanol–water partition coefficient (Wildman–Crippen LogP) is -0.255. The van der Waals surface area contributed by atoms with E-state index in [1.165, 1.54) is 17.7 Å². The van der Waals surface area contributed by atoms with E-state index in [0.29, 0.717) is 23.8 Å². The van der Waals surface area contributed by atoms with Crippen LogP contribution >= 0.6 is 11.3 Å². The molecule has 4 N–H and O–H groups in total. The number of carbonyl (C=O) groups excluding carboxylic acids is 1. The van der Waals surface area contributed by atoms with Crippen LogP contribution in [-0.2, 0) is 17.6 Å². The molecule has 0 fully saturated rings. The molecular formula is C9H12N6OS. The summed E-state index contributed by atoms with van der Waals surface area (Å²) in [5.74, 6) is 0.679. The lowest BCUT2D eigenvalue weighted by Gasteiger charge is -2.01. The molecule has 7 nitrogen and oxygen atoms in total. The number of nitrogens with two attached hydrogens (primary N) is 1. The largest absolute Gasteiger partial charge is 0.375 e. The van der Waals surface area contributed by atoms with Crippen molar-refractivity contribution in [2.75, 3.05) is 12.3 Å². The van der Waals surface area contributed by atoms with Crippen molar-refractivity contribution in [2.45, 2.75) is 12.8 Å². The summed E-state index contributed by atoms with van der Waals surface area (Å²) in [4.78, 5) is 19.5. The number of aromatic amines is 1. The van der Waals surface area contributed by atoms with E-state index in [1.54, 1.807) is 5.38 Å². The zero-order valence-electron chi connectivity index (χ0n) is 9.01. The van der Waals surface area contributed by atoms with Crippen molar-refractivity contribution in [2.24, 2.45) is 0 Å². The molecule has 0 unspecified atom stereocenters. The fourth-order valence-electron chi connectivity index (χ4n) is 1.30. The van der Waals surface area contributed by atoms with Crippen LogP contribution in [0.3, 0.4) is 0 Å². The summed E-state index contributed by atoms with van der Waals surface area (Å²) >= 11 is 1.33. The van der Waals surface area contributed by atoms with Crippen LogP contribution in [-0.4, -0.2) is 32.6 Å². The highest BCUT2D eigenvalue weighted by atomic mass is 32.1. The average molecular weight is 252 g/mol. The molecule has 90 valence electrons. The average Bonchev–Trinajstić information content (AvgIpc) is 2.90. The van der Waals surface area contributed by atoms with Gasteiger partial charge >= 0.3 is 0 Å². The molecule has 2 aromatic rings. The molecule has 1 amide bonds. The van der Waals surface area contributed by atoms with E-state index in [-0.39, 0.29) is 12.3 Å². The summed E-state index contributed by atoms with van der Waals surface area (Å²) in [6.07, 6.45) is 2.32. The Hall–Kier alpha value is -1.96. The normalized spacial score (nSPS) is 10.4. The summed E-state index contributed by atoms with van der Waals surface area (Å²) < 4.78 is 0. The summed E-state index contributed by atoms with van der Waals surface area (Å²) in [6.45, 7) is 0.521. The Labute approximate surface area is 101 Å². The zero-order valence-corrected chi connectivity index (χ0v) is 9.83. The number of nitrogen functional groups attached to an aromatic ring is 1. The van der Waals surface area contributed by atoms with Crippen LogP contribution in [0.15, 0.2) is 11.7 Å². The van der Waals surface area contributed by atoms with Crippen LogP contribution in [0, 0.1) is 0 Å². The molecule has 0 aliphatic rings. The number of H-pyrrole nitrogens is 1. The second-order valence-corrected chi connectivity index (χ2v) is 4.28. The zero-order chi connectivity index (χ0) is 12.1. The van der Waals surface area contributed by atoms with Crippen LogP contribution in [0.25, 0.3) is 0 Å². The first-order valence-electron chi connectivity index (χ1n) is 5.05. The Morgan fingerprint density at radius 1 is 1.59 bits per heavy atom. The van der Waals surface area contributed by atoms with E-state index < -0.39 is 0 Å². The maximum absolute atomic E-state index is 11.5. The number of hydrogen-bond donors (Lipinski definition) is 3. The highest BCUT2D eigenvalue weighted by Crippen LogP contribution is 2.11. The van der Waals surface area contributed by atoms with Crippen molar-refractivity contribution in [3.8, 4) is 0 Å². The number of amides is 1. The van der Waals surface area contributed by atoms with Gasteiger partial charge in [0.2, 0.25) is 5.91 Å². The van der Waals surface area contributed by atoms with E-state index >= 15 is 0 Å². The second-order valence-electron chi connectivity index (χ2n) is 3.39. The SMILES string of the molecule is Nc1nc(CC(=O)NCCc2ncn[nH]2)cs1. The van der Waals surface area contributed by atoms with Crippen LogP contribution in [0.4, 0.5) is 5.13 Å². The maximum Gasteiger partial charge on any atom is 0.226 e. The first-order valence-corrected chi connectivity index (χ1v) is 5.93. The fraction of sp³-hybridized carbons (Fsp3) is 0.333. The van der Waals surface area contributed by atoms with Gasteiger partial charge in [-0.05, 0) is 0 Å². The lowest BCUT2D eigenvalue weighted by Crippen LogP contribution is -2.27. The van der Waals surface area contributed by atoms with E-state index in [0.717, 1.165) is 5.82 Å². The van der Waals surface area contributed by atoms with Crippen LogP contribution in [0.5, 0.6) is 0 Å². The van der Waals surface area contributed by atoms with Crippen molar-refractivity contribution in [1.29, 1.82) is 0 Å². The van der Waals surface area contributed by atoms with Gasteiger partial charge in [-0.25, -0.2) is 9.97 Å². The number of aromatic nitrogens is 4. The summed E-state index contributed by atoms with van der Waals surface area (Å²) in [5, 5.41) is 11.5. The van der Waals surface area contributed by atoms with Gasteiger partial charge < -0.3 is 11.1 Å². The summed E-state index contributed by atoms with van der Waals surface area (Å²) in [5.41, 5.74) is 6.17. The van der Waals surface area contributed by atoms with Crippen LogP contribution in [0.1, 0.15) is 11.5 Å². The van der Waals surface area contributed by atoms with E-state index in [4.69, 9.17) is 5.73 Å². The minimum atomic E-state index is -0.0742. The molecule has 0 bridgehead atoms. The quantitative estimate of drug-likeness (QED) is 0.679. The standard InChI is InChI=1S/C9H12N6OS/c10-9-14-6(4-17-9)3-8(16)11-2-1-7-12-5-13-15-7/h4-5H,1-3H2,(H2,10,14)(H,11,16)(H,12,13,15). The minimum Gasteiger partial charge on any atom is -0.375 e. The molecule has 2 rings (SSSR count). The number of anilines is 1. The molecule has 8 heteroatoms. The molecule has 2 aromatic heterocycles. The molecule has 0 aromatic carbocycles. The Morgan fingerprint density at radius 3 is 3.12 bits per heavy atom. The summed E-state index contributed by atoms with van der Waals surface area (Å²) in [7, 11) is 0. The molecule has 0 aliphatic heterocycles. The molecule has 0 spiro atoms. The van der Waals surface area contributed by atoms with Gasteiger partial charge in [0.1, 0.15) is 12.2 Å². The van der Waals surface area contributed by atoms with Gasteiger partial charge in [-0.1, -0.05) is 0 Å². The monoisotopic (exact) mass is 252 g/mol. The highest BCUT2D eigenvalue weighted by molar-refractivity contribution is 7.13. The summed E-state index contributed by atoms with van der Waals surface area (Å²) in [6, 6.07) is 0. The van der Waals surface area contributed by atoms with Gasteiger partial charge in [-0.3, -0.25) is 9.89 Å². The second kappa shape index (κ2) is 5.39. The Bertz CT molecular complexity index is 479. The smallest absolute Gasteiger partial charge is 0.226 e. The molecule has 0 atom stereocenters. The third-order valence-electron chi connectivity index (χ3n) is 2.06. The number of hydrogen-bond acceptors (Lipinski definition) is 6. The number of carbonyl (C=O) groups is 1. The fourth-order valence-corrected chi connectivity index (χ4v) is 1.87. The topological polar surface area (TPSA) is 110 Å². The number of thiazole rings is 1.